The molecule has 7 nitrogen and oxygen atoms in total. The molecule has 2 fully saturated rings. The maximum atomic E-state index is 10.7. The van der Waals surface area contributed by atoms with Crippen LogP contribution < -0.4 is 5.32 Å². The predicted octanol–water partition coefficient (Wildman–Crippen LogP) is 1.76. The van der Waals surface area contributed by atoms with Gasteiger partial charge >= 0.3 is 0 Å². The van der Waals surface area contributed by atoms with E-state index in [0.717, 1.165) is 32.1 Å². The molecule has 21 heavy (non-hydrogen) atoms. The van der Waals surface area contributed by atoms with Gasteiger partial charge in [-0.25, -0.2) is 4.98 Å². The summed E-state index contributed by atoms with van der Waals surface area (Å²) in [6.45, 7) is 2.99. The molecule has 7 heteroatoms. The first-order valence-corrected chi connectivity index (χ1v) is 7.20. The summed E-state index contributed by atoms with van der Waals surface area (Å²) in [6, 6.07) is 4.02. The van der Waals surface area contributed by atoms with Gasteiger partial charge in [-0.1, -0.05) is 0 Å². The molecule has 1 aromatic rings. The highest BCUT2D eigenvalue weighted by molar-refractivity contribution is 5.55. The Bertz CT molecular complexity index is 594. The van der Waals surface area contributed by atoms with E-state index < -0.39 is 4.92 Å². The Hall–Kier alpha value is -2.20. The van der Waals surface area contributed by atoms with Crippen molar-refractivity contribution in [2.45, 2.75) is 25.3 Å². The van der Waals surface area contributed by atoms with Crippen LogP contribution in [0.1, 0.15) is 24.8 Å². The highest BCUT2D eigenvalue weighted by Crippen LogP contribution is 2.31. The van der Waals surface area contributed by atoms with Crippen molar-refractivity contribution in [2.75, 3.05) is 25.0 Å². The highest BCUT2D eigenvalue weighted by atomic mass is 16.6. The van der Waals surface area contributed by atoms with Crippen molar-refractivity contribution < 1.29 is 4.92 Å². The fourth-order valence-corrected chi connectivity index (χ4v) is 2.82. The number of nitrogens with one attached hydrogen (secondary N) is 1. The van der Waals surface area contributed by atoms with Crippen molar-refractivity contribution in [3.8, 4) is 6.07 Å². The molecule has 1 aliphatic carbocycles. The Kier molecular flexibility index (Phi) is 3.71. The molecule has 2 aliphatic rings. The Labute approximate surface area is 122 Å². The van der Waals surface area contributed by atoms with Gasteiger partial charge in [0.1, 0.15) is 23.6 Å². The second kappa shape index (κ2) is 5.66. The first-order chi connectivity index (χ1) is 10.2. The molecular formula is C14H17N5O2. The lowest BCUT2D eigenvalue weighted by Crippen LogP contribution is -2.25. The number of nitrogens with zero attached hydrogens (tertiary/aromatic N) is 4. The first kappa shape index (κ1) is 13.8. The van der Waals surface area contributed by atoms with Gasteiger partial charge in [0.2, 0.25) is 0 Å². The fraction of sp³-hybridized carbons (Fsp3) is 0.571. The lowest BCUT2D eigenvalue weighted by molar-refractivity contribution is -0.385. The van der Waals surface area contributed by atoms with Crippen LogP contribution in [0.5, 0.6) is 0 Å². The fourth-order valence-electron chi connectivity index (χ4n) is 2.82. The number of aromatic nitrogens is 1. The van der Waals surface area contributed by atoms with Crippen molar-refractivity contribution >= 4 is 11.5 Å². The van der Waals surface area contributed by atoms with E-state index in [9.17, 15) is 10.1 Å². The molecule has 1 aliphatic heterocycles. The molecule has 0 bridgehead atoms. The molecule has 1 unspecified atom stereocenters. The van der Waals surface area contributed by atoms with Gasteiger partial charge in [0.05, 0.1) is 4.92 Å². The lowest BCUT2D eigenvalue weighted by atomic mass is 10.1. The third-order valence-electron chi connectivity index (χ3n) is 4.14. The number of likely N-dealkylation sites (tertiary alicyclic amines) is 1. The van der Waals surface area contributed by atoms with E-state index in [-0.39, 0.29) is 11.3 Å². The molecule has 0 spiro atoms. The van der Waals surface area contributed by atoms with E-state index >= 15 is 0 Å². The van der Waals surface area contributed by atoms with E-state index in [2.05, 4.69) is 15.2 Å². The second-order valence-corrected chi connectivity index (χ2v) is 5.72. The molecule has 0 amide bonds. The number of anilines is 1. The van der Waals surface area contributed by atoms with Gasteiger partial charge in [0.15, 0.2) is 0 Å². The molecule has 1 N–H and O–H groups in total. The van der Waals surface area contributed by atoms with Crippen LogP contribution in [0.4, 0.5) is 11.5 Å². The van der Waals surface area contributed by atoms with Crippen molar-refractivity contribution in [1.82, 2.24) is 9.88 Å². The average molecular weight is 287 g/mol. The number of nitriles is 1. The zero-order chi connectivity index (χ0) is 14.8. The second-order valence-electron chi connectivity index (χ2n) is 5.72. The predicted molar refractivity (Wildman–Crippen MR) is 76.8 cm³/mol. The van der Waals surface area contributed by atoms with Gasteiger partial charge < -0.3 is 10.2 Å². The summed E-state index contributed by atoms with van der Waals surface area (Å²) in [6.07, 6.45) is 4.98. The summed E-state index contributed by atoms with van der Waals surface area (Å²) in [7, 11) is 0. The molecule has 1 saturated heterocycles. The summed E-state index contributed by atoms with van der Waals surface area (Å²) in [5.41, 5.74) is 0.0686. The zero-order valence-corrected chi connectivity index (χ0v) is 11.7. The van der Waals surface area contributed by atoms with Gasteiger partial charge in [0.25, 0.3) is 5.69 Å². The maximum Gasteiger partial charge on any atom is 0.289 e. The van der Waals surface area contributed by atoms with E-state index in [4.69, 9.17) is 5.26 Å². The molecular weight excluding hydrogens is 270 g/mol. The summed E-state index contributed by atoms with van der Waals surface area (Å²) < 4.78 is 0. The van der Waals surface area contributed by atoms with E-state index in [1.165, 1.54) is 25.1 Å². The largest absolute Gasteiger partial charge is 0.369 e. The van der Waals surface area contributed by atoms with Crippen molar-refractivity contribution in [3.05, 3.63) is 27.9 Å². The third-order valence-corrected chi connectivity index (χ3v) is 4.14. The van der Waals surface area contributed by atoms with Crippen LogP contribution in [0.3, 0.4) is 0 Å². The number of rotatable bonds is 5. The Morgan fingerprint density at radius 3 is 3.00 bits per heavy atom. The van der Waals surface area contributed by atoms with Crippen LogP contribution in [-0.4, -0.2) is 40.5 Å². The average Bonchev–Trinajstić information content (AvgIpc) is 3.24. The minimum absolute atomic E-state index is 0.155. The minimum Gasteiger partial charge on any atom is -0.369 e. The molecule has 3 rings (SSSR count). The molecule has 2 heterocycles. The van der Waals surface area contributed by atoms with Crippen LogP contribution in [0.25, 0.3) is 0 Å². The topological polar surface area (TPSA) is 95.1 Å². The standard InChI is InChI=1S/C14H17N5O2/c15-6-11-5-13(19(20)21)8-17-14(11)16-7-10-3-4-18(9-10)12-1-2-12/h5,8,10,12H,1-4,7,9H2,(H,16,17). The van der Waals surface area contributed by atoms with Crippen LogP contribution in [0.15, 0.2) is 12.3 Å². The number of pyridine rings is 1. The molecule has 0 radical (unpaired) electrons. The molecule has 1 atom stereocenters. The molecule has 0 aromatic carbocycles. The molecule has 1 saturated carbocycles. The molecule has 110 valence electrons. The minimum atomic E-state index is -0.540. The number of nitro groups is 1. The van der Waals surface area contributed by atoms with E-state index in [1.54, 1.807) is 0 Å². The van der Waals surface area contributed by atoms with Crippen LogP contribution in [0.2, 0.25) is 0 Å². The van der Waals surface area contributed by atoms with Gasteiger partial charge in [0, 0.05) is 25.2 Å². The smallest absolute Gasteiger partial charge is 0.289 e. The SMILES string of the molecule is N#Cc1cc([N+](=O)[O-])cnc1NCC1CCN(C2CC2)C1. The van der Waals surface area contributed by atoms with Gasteiger partial charge in [-0.2, -0.15) is 5.26 Å². The summed E-state index contributed by atoms with van der Waals surface area (Å²) in [5.74, 6) is 0.988. The molecule has 1 aromatic heterocycles. The maximum absolute atomic E-state index is 10.7. The van der Waals surface area contributed by atoms with Gasteiger partial charge in [-0.05, 0) is 31.7 Å². The zero-order valence-electron chi connectivity index (χ0n) is 11.7. The van der Waals surface area contributed by atoms with Gasteiger partial charge in [-0.3, -0.25) is 10.1 Å². The third kappa shape index (κ3) is 3.11. The first-order valence-electron chi connectivity index (χ1n) is 7.20. The van der Waals surface area contributed by atoms with Crippen LogP contribution in [0, 0.1) is 27.4 Å². The van der Waals surface area contributed by atoms with Crippen LogP contribution >= 0.6 is 0 Å². The Morgan fingerprint density at radius 2 is 2.33 bits per heavy atom. The van der Waals surface area contributed by atoms with Crippen molar-refractivity contribution in [1.29, 1.82) is 5.26 Å². The van der Waals surface area contributed by atoms with Gasteiger partial charge in [-0.15, -0.1) is 0 Å². The number of hydrogen-bond acceptors (Lipinski definition) is 6. The van der Waals surface area contributed by atoms with E-state index in [1.807, 2.05) is 6.07 Å². The van der Waals surface area contributed by atoms with E-state index in [0.29, 0.717) is 11.7 Å². The summed E-state index contributed by atoms with van der Waals surface area (Å²) in [4.78, 5) is 16.7. The highest BCUT2D eigenvalue weighted by Gasteiger charge is 2.34. The normalized spacial score (nSPS) is 22.0. The van der Waals surface area contributed by atoms with Crippen molar-refractivity contribution in [2.24, 2.45) is 5.92 Å². The Balaban J connectivity index is 1.60. The summed E-state index contributed by atoms with van der Waals surface area (Å²) in [5, 5.41) is 22.9. The Morgan fingerprint density at radius 1 is 1.52 bits per heavy atom. The monoisotopic (exact) mass is 287 g/mol. The van der Waals surface area contributed by atoms with Crippen molar-refractivity contribution in [3.63, 3.8) is 0 Å². The quantitative estimate of drug-likeness (QED) is 0.655. The lowest BCUT2D eigenvalue weighted by Gasteiger charge is -2.15. The van der Waals surface area contributed by atoms with Crippen LogP contribution in [-0.2, 0) is 0 Å². The number of hydrogen-bond donors (Lipinski definition) is 1. The summed E-state index contributed by atoms with van der Waals surface area (Å²) >= 11 is 0.